The van der Waals surface area contributed by atoms with Crippen LogP contribution in [0.25, 0.3) is 0 Å². The summed E-state index contributed by atoms with van der Waals surface area (Å²) in [5.41, 5.74) is 0. The predicted molar refractivity (Wildman–Crippen MR) is 428 cm³/mol. The Bertz CT molecular complexity index is 2010. The number of hydrogen-bond donors (Lipinski definition) is 3. The van der Waals surface area contributed by atoms with Crippen LogP contribution in [0.3, 0.4) is 0 Å². The van der Waals surface area contributed by atoms with Gasteiger partial charge in [0, 0.05) is 25.7 Å². The van der Waals surface area contributed by atoms with Crippen molar-refractivity contribution in [1.29, 1.82) is 0 Å². The topological polar surface area (TPSA) is 237 Å². The average Bonchev–Trinajstić information content (AvgIpc) is 0.904. The molecule has 0 radical (unpaired) electrons. The summed E-state index contributed by atoms with van der Waals surface area (Å²) in [7, 11) is -9.93. The van der Waals surface area contributed by atoms with E-state index < -0.39 is 97.5 Å². The lowest BCUT2D eigenvalue weighted by atomic mass is 10.0. The van der Waals surface area contributed by atoms with Gasteiger partial charge in [-0.2, -0.15) is 0 Å². The molecule has 0 aromatic rings. The van der Waals surface area contributed by atoms with Crippen LogP contribution in [0.4, 0.5) is 0 Å². The molecule has 0 aromatic carbocycles. The minimum atomic E-state index is -4.97. The number of hydrogen-bond acceptors (Lipinski definition) is 15. The van der Waals surface area contributed by atoms with Gasteiger partial charge in [0.2, 0.25) is 0 Å². The van der Waals surface area contributed by atoms with E-state index in [1.54, 1.807) is 0 Å². The summed E-state index contributed by atoms with van der Waals surface area (Å²) in [5, 5.41) is 10.7. The van der Waals surface area contributed by atoms with Crippen molar-refractivity contribution in [3.05, 3.63) is 0 Å². The molecule has 0 fully saturated rings. The Morgan fingerprint density at radius 2 is 0.442 bits per heavy atom. The first-order chi connectivity index (χ1) is 50.2. The van der Waals surface area contributed by atoms with Crippen LogP contribution in [0.2, 0.25) is 0 Å². The number of esters is 4. The van der Waals surface area contributed by atoms with Gasteiger partial charge in [0.1, 0.15) is 19.3 Å². The fourth-order valence-electron chi connectivity index (χ4n) is 13.2. The largest absolute Gasteiger partial charge is 0.472 e. The molecule has 0 saturated carbocycles. The summed E-state index contributed by atoms with van der Waals surface area (Å²) in [6.07, 6.45) is 65.5. The van der Waals surface area contributed by atoms with Crippen molar-refractivity contribution in [2.45, 2.75) is 465 Å². The lowest BCUT2D eigenvalue weighted by molar-refractivity contribution is -0.161. The first-order valence-corrected chi connectivity index (χ1v) is 46.8. The normalized spacial score (nSPS) is 13.9. The lowest BCUT2D eigenvalue weighted by Crippen LogP contribution is -2.30. The summed E-state index contributed by atoms with van der Waals surface area (Å²) in [4.78, 5) is 73.1. The van der Waals surface area contributed by atoms with Crippen LogP contribution in [0, 0.1) is 17.8 Å². The number of carbonyl (C=O) groups excluding carboxylic acids is 4. The SMILES string of the molecule is CCCCCCCCCCCCCCCCCCCCCCC(=O)O[C@H](COC(=O)CCCCCCCCCCCCCCCCCCC(C)C)COP(=O)(O)OC[C@@H](O)COP(=O)(O)OC[C@@H](COC(=O)CCCCCCCCC(C)C)OC(=O)CCCCCCCCCCCCCCCC(C)C. The van der Waals surface area contributed by atoms with Gasteiger partial charge < -0.3 is 33.8 Å². The van der Waals surface area contributed by atoms with Gasteiger partial charge in [-0.15, -0.1) is 0 Å². The quantitative estimate of drug-likeness (QED) is 0.0222. The summed E-state index contributed by atoms with van der Waals surface area (Å²) in [6.45, 7) is 11.9. The molecule has 0 amide bonds. The number of ether oxygens (including phenoxy) is 4. The fraction of sp³-hybridized carbons (Fsp3) is 0.953. The number of phosphoric acid groups is 2. The van der Waals surface area contributed by atoms with Crippen LogP contribution in [0.15, 0.2) is 0 Å². The molecule has 0 spiro atoms. The lowest BCUT2D eigenvalue weighted by Gasteiger charge is -2.21. The van der Waals surface area contributed by atoms with Gasteiger partial charge >= 0.3 is 39.5 Å². The molecule has 0 saturated heterocycles. The van der Waals surface area contributed by atoms with Crippen molar-refractivity contribution in [3.63, 3.8) is 0 Å². The van der Waals surface area contributed by atoms with E-state index in [1.807, 2.05) is 0 Å². The highest BCUT2D eigenvalue weighted by Gasteiger charge is 2.30. The van der Waals surface area contributed by atoms with Gasteiger partial charge in [0.05, 0.1) is 26.4 Å². The Morgan fingerprint density at radius 3 is 0.654 bits per heavy atom. The van der Waals surface area contributed by atoms with Gasteiger partial charge in [-0.05, 0) is 43.4 Å². The average molecular weight is 1520 g/mol. The molecule has 0 aliphatic carbocycles. The number of unbranched alkanes of at least 4 members (excludes halogenated alkanes) is 51. The van der Waals surface area contributed by atoms with E-state index in [1.165, 1.54) is 250 Å². The van der Waals surface area contributed by atoms with E-state index in [-0.39, 0.29) is 25.7 Å². The monoisotopic (exact) mass is 1520 g/mol. The molecule has 0 heterocycles. The zero-order chi connectivity index (χ0) is 76.5. The number of phosphoric ester groups is 2. The summed E-state index contributed by atoms with van der Waals surface area (Å²) < 4.78 is 68.8. The Hall–Kier alpha value is -1.94. The molecule has 0 aliphatic rings. The molecular weight excluding hydrogens is 1350 g/mol. The molecule has 3 N–H and O–H groups in total. The van der Waals surface area contributed by atoms with Crippen LogP contribution < -0.4 is 0 Å². The van der Waals surface area contributed by atoms with E-state index in [0.717, 1.165) is 108 Å². The molecule has 17 nitrogen and oxygen atoms in total. The molecule has 0 aliphatic heterocycles. The van der Waals surface area contributed by atoms with Crippen LogP contribution >= 0.6 is 15.6 Å². The zero-order valence-electron chi connectivity index (χ0n) is 68.5. The van der Waals surface area contributed by atoms with E-state index in [4.69, 9.17) is 37.0 Å². The third-order valence-corrected chi connectivity index (χ3v) is 21.8. The Morgan fingerprint density at radius 1 is 0.260 bits per heavy atom. The third kappa shape index (κ3) is 78.2. The van der Waals surface area contributed by atoms with Gasteiger partial charge in [0.25, 0.3) is 0 Å². The summed E-state index contributed by atoms with van der Waals surface area (Å²) in [5.74, 6) is 0.170. The maximum Gasteiger partial charge on any atom is 0.472 e. The first-order valence-electron chi connectivity index (χ1n) is 43.8. The van der Waals surface area contributed by atoms with Crippen molar-refractivity contribution in [2.24, 2.45) is 17.8 Å². The zero-order valence-corrected chi connectivity index (χ0v) is 70.3. The minimum absolute atomic E-state index is 0.106. The summed E-state index contributed by atoms with van der Waals surface area (Å²) in [6, 6.07) is 0. The number of aliphatic hydroxyl groups excluding tert-OH is 1. The van der Waals surface area contributed by atoms with Gasteiger partial charge in [-0.25, -0.2) is 9.13 Å². The van der Waals surface area contributed by atoms with Crippen molar-refractivity contribution in [3.8, 4) is 0 Å². The standard InChI is InChI=1S/C85H166O17P2/c1-8-9-10-11-12-13-14-15-16-17-18-19-20-25-30-35-40-45-54-61-68-84(89)101-80(72-95-82(87)66-59-52-44-39-34-29-24-22-21-23-27-32-37-42-49-56-63-76(2)3)74-99-103(91,92)97-70-79(86)71-98-104(93,94)100-75-81(73-96-83(88)67-60-53-48-47-51-58-65-78(6)7)102-85(90)69-62-55-46-41-36-31-26-28-33-38-43-50-57-64-77(4)5/h76-81,86H,8-75H2,1-7H3,(H,91,92)(H,93,94)/t79-,80-,81-/m1/s1. The maximum atomic E-state index is 13.1. The van der Waals surface area contributed by atoms with Crippen molar-refractivity contribution >= 4 is 39.5 Å². The van der Waals surface area contributed by atoms with E-state index >= 15 is 0 Å². The third-order valence-electron chi connectivity index (χ3n) is 19.9. The Balaban J connectivity index is 5.21. The van der Waals surface area contributed by atoms with Crippen molar-refractivity contribution in [2.75, 3.05) is 39.6 Å². The molecule has 618 valence electrons. The van der Waals surface area contributed by atoms with Gasteiger partial charge in [-0.3, -0.25) is 37.3 Å². The van der Waals surface area contributed by atoms with Crippen LogP contribution in [-0.4, -0.2) is 96.7 Å². The van der Waals surface area contributed by atoms with E-state index in [2.05, 4.69) is 48.5 Å². The molecule has 2 unspecified atom stereocenters. The molecular formula is C85H166O17P2. The van der Waals surface area contributed by atoms with Gasteiger partial charge in [0.15, 0.2) is 12.2 Å². The van der Waals surface area contributed by atoms with Crippen LogP contribution in [0.1, 0.15) is 447 Å². The maximum absolute atomic E-state index is 13.1. The number of carbonyl (C=O) groups is 4. The Labute approximate surface area is 638 Å². The number of aliphatic hydroxyl groups is 1. The highest BCUT2D eigenvalue weighted by atomic mass is 31.2. The smallest absolute Gasteiger partial charge is 0.462 e. The minimum Gasteiger partial charge on any atom is -0.462 e. The summed E-state index contributed by atoms with van der Waals surface area (Å²) >= 11 is 0. The van der Waals surface area contributed by atoms with Crippen molar-refractivity contribution < 1.29 is 80.2 Å². The highest BCUT2D eigenvalue weighted by Crippen LogP contribution is 2.45. The second-order valence-electron chi connectivity index (χ2n) is 32.0. The molecule has 104 heavy (non-hydrogen) atoms. The molecule has 0 aromatic heterocycles. The highest BCUT2D eigenvalue weighted by molar-refractivity contribution is 7.47. The number of rotatable bonds is 83. The fourth-order valence-corrected chi connectivity index (χ4v) is 14.8. The van der Waals surface area contributed by atoms with Crippen LogP contribution in [-0.2, 0) is 65.4 Å². The Kier molecular flexibility index (Phi) is 73.7. The van der Waals surface area contributed by atoms with Gasteiger partial charge in [-0.1, -0.05) is 395 Å². The molecule has 0 rings (SSSR count). The molecule has 0 bridgehead atoms. The van der Waals surface area contributed by atoms with Crippen molar-refractivity contribution in [1.82, 2.24) is 0 Å². The first kappa shape index (κ1) is 102. The second-order valence-corrected chi connectivity index (χ2v) is 34.9. The van der Waals surface area contributed by atoms with Crippen LogP contribution in [0.5, 0.6) is 0 Å². The van der Waals surface area contributed by atoms with E-state index in [9.17, 15) is 43.2 Å². The second kappa shape index (κ2) is 75.1. The molecule has 19 heteroatoms. The van der Waals surface area contributed by atoms with E-state index in [0.29, 0.717) is 31.6 Å². The molecule has 5 atom stereocenters. The predicted octanol–water partition coefficient (Wildman–Crippen LogP) is 25.7.